The molecule has 140 valence electrons. The smallest absolute Gasteiger partial charge is 0.251 e. The average molecular weight is 387 g/mol. The number of likely N-dealkylation sites (tertiary alicyclic amines) is 1. The lowest BCUT2D eigenvalue weighted by atomic mass is 9.89. The Labute approximate surface area is 162 Å². The molecule has 2 heterocycles. The van der Waals surface area contributed by atoms with E-state index in [2.05, 4.69) is 4.90 Å². The van der Waals surface area contributed by atoms with E-state index in [-0.39, 0.29) is 24.1 Å². The van der Waals surface area contributed by atoms with Crippen molar-refractivity contribution >= 4 is 29.1 Å². The number of carbonyl (C=O) groups excluding carboxylic acids is 2. The van der Waals surface area contributed by atoms with Gasteiger partial charge in [0.1, 0.15) is 5.82 Å². The highest BCUT2D eigenvalue weighted by Crippen LogP contribution is 2.32. The Bertz CT molecular complexity index is 845. The number of rotatable bonds is 3. The fraction of sp³-hybridized carbons (Fsp3) is 0.333. The van der Waals surface area contributed by atoms with Gasteiger partial charge in [0.2, 0.25) is 5.91 Å². The molecule has 0 saturated carbocycles. The third kappa shape index (κ3) is 3.62. The van der Waals surface area contributed by atoms with Gasteiger partial charge < -0.3 is 0 Å². The Kier molecular flexibility index (Phi) is 4.98. The van der Waals surface area contributed by atoms with Gasteiger partial charge in [-0.05, 0) is 73.8 Å². The quantitative estimate of drug-likeness (QED) is 0.749. The first kappa shape index (κ1) is 18.1. The van der Waals surface area contributed by atoms with E-state index in [1.54, 1.807) is 24.3 Å². The lowest BCUT2D eigenvalue weighted by Crippen LogP contribution is -2.45. The normalized spacial score (nSPS) is 21.9. The molecule has 4 rings (SSSR count). The van der Waals surface area contributed by atoms with Crippen molar-refractivity contribution in [1.82, 2.24) is 4.90 Å². The van der Waals surface area contributed by atoms with E-state index in [1.165, 1.54) is 17.0 Å². The maximum Gasteiger partial charge on any atom is 0.251 e. The standard InChI is InChI=1S/C21H20ClFN2O2/c22-16-3-7-18(8-4-16)25-20(26)13-19(21(25)27)24-11-9-15(10-12-24)14-1-5-17(23)6-2-14/h1-8,15,19H,9-13H2/t19-/m0/s1. The molecule has 27 heavy (non-hydrogen) atoms. The SMILES string of the molecule is O=C1C[C@H](N2CCC(c3ccc(F)cc3)CC2)C(=O)N1c1ccc(Cl)cc1. The fourth-order valence-corrected chi connectivity index (χ4v) is 4.17. The predicted octanol–water partition coefficient (Wildman–Crippen LogP) is 3.99. The highest BCUT2D eigenvalue weighted by atomic mass is 35.5. The first-order valence-corrected chi connectivity index (χ1v) is 9.52. The summed E-state index contributed by atoms with van der Waals surface area (Å²) in [6.07, 6.45) is 2.00. The van der Waals surface area contributed by atoms with Gasteiger partial charge in [-0.2, -0.15) is 0 Å². The number of nitrogens with zero attached hydrogens (tertiary/aromatic N) is 2. The van der Waals surface area contributed by atoms with E-state index in [1.807, 2.05) is 12.1 Å². The van der Waals surface area contributed by atoms with E-state index in [0.29, 0.717) is 16.6 Å². The van der Waals surface area contributed by atoms with E-state index < -0.39 is 6.04 Å². The van der Waals surface area contributed by atoms with Crippen molar-refractivity contribution in [3.63, 3.8) is 0 Å². The van der Waals surface area contributed by atoms with Crippen molar-refractivity contribution in [3.05, 3.63) is 64.9 Å². The van der Waals surface area contributed by atoms with Crippen molar-refractivity contribution in [2.45, 2.75) is 31.2 Å². The van der Waals surface area contributed by atoms with Gasteiger partial charge in [-0.15, -0.1) is 0 Å². The Morgan fingerprint density at radius 3 is 2.19 bits per heavy atom. The van der Waals surface area contributed by atoms with Crippen LogP contribution in [-0.2, 0) is 9.59 Å². The summed E-state index contributed by atoms with van der Waals surface area (Å²) in [7, 11) is 0. The van der Waals surface area contributed by atoms with Gasteiger partial charge in [-0.25, -0.2) is 9.29 Å². The maximum absolute atomic E-state index is 13.1. The molecule has 0 radical (unpaired) electrons. The molecule has 0 unspecified atom stereocenters. The van der Waals surface area contributed by atoms with Crippen LogP contribution in [0.4, 0.5) is 10.1 Å². The number of benzene rings is 2. The van der Waals surface area contributed by atoms with Gasteiger partial charge >= 0.3 is 0 Å². The Morgan fingerprint density at radius 2 is 1.56 bits per heavy atom. The van der Waals surface area contributed by atoms with Gasteiger partial charge in [-0.1, -0.05) is 23.7 Å². The predicted molar refractivity (Wildman–Crippen MR) is 102 cm³/mol. The van der Waals surface area contributed by atoms with Crippen molar-refractivity contribution < 1.29 is 14.0 Å². The second-order valence-corrected chi connectivity index (χ2v) is 7.56. The van der Waals surface area contributed by atoms with Crippen molar-refractivity contribution in [3.8, 4) is 0 Å². The van der Waals surface area contributed by atoms with Crippen LogP contribution in [0, 0.1) is 5.82 Å². The Balaban J connectivity index is 1.43. The summed E-state index contributed by atoms with van der Waals surface area (Å²) in [5.74, 6) is -0.203. The summed E-state index contributed by atoms with van der Waals surface area (Å²) in [4.78, 5) is 28.7. The summed E-state index contributed by atoms with van der Waals surface area (Å²) in [5, 5.41) is 0.567. The first-order chi connectivity index (χ1) is 13.0. The Hall–Kier alpha value is -2.24. The molecular formula is C21H20ClFN2O2. The topological polar surface area (TPSA) is 40.6 Å². The first-order valence-electron chi connectivity index (χ1n) is 9.15. The number of piperidine rings is 1. The number of anilines is 1. The molecule has 2 fully saturated rings. The molecule has 0 aliphatic carbocycles. The average Bonchev–Trinajstić information content (AvgIpc) is 2.98. The molecule has 2 saturated heterocycles. The van der Waals surface area contributed by atoms with Crippen LogP contribution in [0.3, 0.4) is 0 Å². The lowest BCUT2D eigenvalue weighted by molar-refractivity contribution is -0.123. The van der Waals surface area contributed by atoms with Crippen LogP contribution in [0.25, 0.3) is 0 Å². The number of amides is 2. The van der Waals surface area contributed by atoms with Crippen molar-refractivity contribution in [2.75, 3.05) is 18.0 Å². The van der Waals surface area contributed by atoms with Gasteiger partial charge in [0.25, 0.3) is 5.91 Å². The van der Waals surface area contributed by atoms with Crippen LogP contribution in [0.2, 0.25) is 5.02 Å². The van der Waals surface area contributed by atoms with Gasteiger partial charge in [0, 0.05) is 5.02 Å². The molecule has 2 aliphatic heterocycles. The molecule has 0 N–H and O–H groups in total. The van der Waals surface area contributed by atoms with Crippen molar-refractivity contribution in [2.24, 2.45) is 0 Å². The number of hydrogen-bond acceptors (Lipinski definition) is 3. The zero-order chi connectivity index (χ0) is 19.0. The molecule has 1 atom stereocenters. The molecule has 2 amide bonds. The Morgan fingerprint density at radius 1 is 0.926 bits per heavy atom. The zero-order valence-electron chi connectivity index (χ0n) is 14.8. The van der Waals surface area contributed by atoms with E-state index in [0.717, 1.165) is 31.5 Å². The van der Waals surface area contributed by atoms with Crippen LogP contribution in [-0.4, -0.2) is 35.8 Å². The van der Waals surface area contributed by atoms with E-state index in [9.17, 15) is 14.0 Å². The maximum atomic E-state index is 13.1. The highest BCUT2D eigenvalue weighted by molar-refractivity contribution is 6.30. The second-order valence-electron chi connectivity index (χ2n) is 7.13. The molecule has 4 nitrogen and oxygen atoms in total. The van der Waals surface area contributed by atoms with Crippen LogP contribution in [0.5, 0.6) is 0 Å². The molecule has 2 aromatic rings. The molecule has 2 aliphatic rings. The monoisotopic (exact) mass is 386 g/mol. The zero-order valence-corrected chi connectivity index (χ0v) is 15.5. The van der Waals surface area contributed by atoms with E-state index in [4.69, 9.17) is 11.6 Å². The van der Waals surface area contributed by atoms with Gasteiger partial charge in [0.15, 0.2) is 0 Å². The van der Waals surface area contributed by atoms with E-state index >= 15 is 0 Å². The van der Waals surface area contributed by atoms with Gasteiger partial charge in [-0.3, -0.25) is 14.5 Å². The third-order valence-corrected chi connectivity index (χ3v) is 5.77. The fourth-order valence-electron chi connectivity index (χ4n) is 4.04. The molecule has 0 aromatic heterocycles. The van der Waals surface area contributed by atoms with Crippen LogP contribution >= 0.6 is 11.6 Å². The molecule has 2 aromatic carbocycles. The summed E-state index contributed by atoms with van der Waals surface area (Å²) in [6.45, 7) is 1.50. The summed E-state index contributed by atoms with van der Waals surface area (Å²) < 4.78 is 13.1. The number of imide groups is 1. The van der Waals surface area contributed by atoms with Gasteiger partial charge in [0.05, 0.1) is 18.2 Å². The van der Waals surface area contributed by atoms with Crippen molar-refractivity contribution in [1.29, 1.82) is 0 Å². The minimum Gasteiger partial charge on any atom is -0.291 e. The molecule has 0 bridgehead atoms. The second kappa shape index (κ2) is 7.41. The summed E-state index contributed by atoms with van der Waals surface area (Å²) in [5.41, 5.74) is 1.70. The largest absolute Gasteiger partial charge is 0.291 e. The van der Waals surface area contributed by atoms with Crippen LogP contribution in [0.15, 0.2) is 48.5 Å². The number of halogens is 2. The highest BCUT2D eigenvalue weighted by Gasteiger charge is 2.43. The number of hydrogen-bond donors (Lipinski definition) is 0. The summed E-state index contributed by atoms with van der Waals surface area (Å²) >= 11 is 5.90. The molecule has 0 spiro atoms. The summed E-state index contributed by atoms with van der Waals surface area (Å²) in [6, 6.07) is 13.0. The lowest BCUT2D eigenvalue weighted by Gasteiger charge is -2.35. The number of carbonyl (C=O) groups is 2. The van der Waals surface area contributed by atoms with Crippen LogP contribution in [0.1, 0.15) is 30.7 Å². The van der Waals surface area contributed by atoms with Crippen LogP contribution < -0.4 is 4.90 Å². The minimum atomic E-state index is -0.401. The molecular weight excluding hydrogens is 367 g/mol. The molecule has 6 heteroatoms. The third-order valence-electron chi connectivity index (χ3n) is 5.52. The minimum absolute atomic E-state index is 0.164.